The van der Waals surface area contributed by atoms with Gasteiger partial charge in [0.2, 0.25) is 5.56 Å². The number of allylic oxidation sites excluding steroid dienone is 3. The first-order valence-electron chi connectivity index (χ1n) is 16.8. The second kappa shape index (κ2) is 12.2. The first-order chi connectivity index (χ1) is 22.9. The van der Waals surface area contributed by atoms with Crippen molar-refractivity contribution in [2.24, 2.45) is 5.92 Å². The van der Waals surface area contributed by atoms with E-state index in [1.807, 2.05) is 4.90 Å². The molecule has 5 heterocycles. The molecular formula is C36H42F2N6O4. The van der Waals surface area contributed by atoms with Crippen LogP contribution in [0.5, 0.6) is 6.01 Å². The molecule has 3 fully saturated rings. The number of aryl methyl sites for hydroxylation is 1. The molecule has 0 saturated carbocycles. The molecule has 3 atom stereocenters. The van der Waals surface area contributed by atoms with Crippen molar-refractivity contribution in [3.63, 3.8) is 0 Å². The highest BCUT2D eigenvalue weighted by atomic mass is 19.1. The summed E-state index contributed by atoms with van der Waals surface area (Å²) in [5, 5.41) is 21.2. The van der Waals surface area contributed by atoms with Crippen LogP contribution in [0.3, 0.4) is 0 Å². The minimum absolute atomic E-state index is 0.0144. The van der Waals surface area contributed by atoms with Crippen LogP contribution in [0.1, 0.15) is 69.5 Å². The zero-order valence-corrected chi connectivity index (χ0v) is 27.9. The van der Waals surface area contributed by atoms with Crippen LogP contribution in [0.15, 0.2) is 29.1 Å². The molecule has 0 spiro atoms. The predicted molar refractivity (Wildman–Crippen MR) is 182 cm³/mol. The van der Waals surface area contributed by atoms with E-state index < -0.39 is 22.8 Å². The van der Waals surface area contributed by atoms with Crippen molar-refractivity contribution in [2.75, 3.05) is 50.9 Å². The minimum atomic E-state index is -1.22. The zero-order chi connectivity index (χ0) is 34.0. The van der Waals surface area contributed by atoms with E-state index in [4.69, 9.17) is 14.5 Å². The van der Waals surface area contributed by atoms with Gasteiger partial charge in [0.25, 0.3) is 0 Å². The van der Waals surface area contributed by atoms with Crippen LogP contribution in [0.4, 0.5) is 14.6 Å². The van der Waals surface area contributed by atoms with E-state index in [0.29, 0.717) is 53.4 Å². The smallest absolute Gasteiger partial charge is 0.319 e. The summed E-state index contributed by atoms with van der Waals surface area (Å²) in [4.78, 5) is 29.4. The SMILES string of the molecule is C/C=C1\C(=N)C(c2[nH]c(=O)cc3ccc(F)c(CC)c23)=C(F)c2nc(OCC34CCCN3CC(C)C4)nc(N3CCOCC(C)(O)C3)c21. The lowest BCUT2D eigenvalue weighted by molar-refractivity contribution is -0.0123. The third-order valence-corrected chi connectivity index (χ3v) is 10.3. The number of rotatable bonds is 6. The van der Waals surface area contributed by atoms with Gasteiger partial charge in [-0.15, -0.1) is 0 Å². The van der Waals surface area contributed by atoms with Gasteiger partial charge in [0, 0.05) is 30.1 Å². The maximum absolute atomic E-state index is 17.3. The molecule has 48 heavy (non-hydrogen) atoms. The van der Waals surface area contributed by atoms with E-state index in [0.717, 1.165) is 32.4 Å². The fraction of sp³-hybridized carbons (Fsp3) is 0.500. The normalized spacial score (nSPS) is 27.1. The molecule has 4 aliphatic rings. The van der Waals surface area contributed by atoms with E-state index >= 15 is 8.78 Å². The maximum atomic E-state index is 17.3. The number of ether oxygens (including phenoxy) is 2. The molecule has 0 amide bonds. The molecule has 1 aromatic carbocycles. The number of halogens is 2. The van der Waals surface area contributed by atoms with Crippen LogP contribution in [0, 0.1) is 17.1 Å². The van der Waals surface area contributed by atoms with Crippen molar-refractivity contribution in [1.82, 2.24) is 19.9 Å². The number of aliphatic hydroxyl groups is 1. The average Bonchev–Trinajstić information content (AvgIpc) is 3.50. The predicted octanol–water partition coefficient (Wildman–Crippen LogP) is 5.13. The molecule has 3 N–H and O–H groups in total. The fourth-order valence-corrected chi connectivity index (χ4v) is 8.30. The largest absolute Gasteiger partial charge is 0.461 e. The number of benzene rings is 1. The van der Waals surface area contributed by atoms with Gasteiger partial charge < -0.3 is 24.5 Å². The van der Waals surface area contributed by atoms with Crippen LogP contribution < -0.4 is 15.2 Å². The van der Waals surface area contributed by atoms with Crippen LogP contribution in [-0.2, 0) is 11.2 Å². The van der Waals surface area contributed by atoms with Crippen molar-refractivity contribution in [3.8, 4) is 6.01 Å². The summed E-state index contributed by atoms with van der Waals surface area (Å²) in [6.07, 6.45) is 5.03. The number of pyridine rings is 1. The molecule has 2 aromatic heterocycles. The Morgan fingerprint density at radius 3 is 2.85 bits per heavy atom. The number of hydrogen-bond donors (Lipinski definition) is 3. The quantitative estimate of drug-likeness (QED) is 0.332. The van der Waals surface area contributed by atoms with Crippen LogP contribution in [-0.4, -0.2) is 87.8 Å². The maximum Gasteiger partial charge on any atom is 0.319 e. The van der Waals surface area contributed by atoms with Crippen LogP contribution in [0.25, 0.3) is 27.7 Å². The Bertz CT molecular complexity index is 1940. The molecule has 3 aliphatic heterocycles. The van der Waals surface area contributed by atoms with Crippen molar-refractivity contribution in [1.29, 1.82) is 5.41 Å². The van der Waals surface area contributed by atoms with Gasteiger partial charge in [0.15, 0.2) is 5.83 Å². The Balaban J connectivity index is 1.44. The number of hydrogen-bond acceptors (Lipinski definition) is 9. The molecule has 3 saturated heterocycles. The number of β-amino-alcohol motifs (C(OH)–C–C–N with tert-alkyl or cyclic N) is 1. The van der Waals surface area contributed by atoms with Gasteiger partial charge in [-0.3, -0.25) is 15.1 Å². The van der Waals surface area contributed by atoms with E-state index in [-0.39, 0.29) is 59.4 Å². The topological polar surface area (TPSA) is 128 Å². The van der Waals surface area contributed by atoms with Gasteiger partial charge in [-0.1, -0.05) is 26.0 Å². The van der Waals surface area contributed by atoms with E-state index in [1.165, 1.54) is 18.2 Å². The summed E-state index contributed by atoms with van der Waals surface area (Å²) in [7, 11) is 0. The van der Waals surface area contributed by atoms with Crippen molar-refractivity contribution < 1.29 is 23.4 Å². The first kappa shape index (κ1) is 32.5. The highest BCUT2D eigenvalue weighted by molar-refractivity contribution is 6.49. The molecular weight excluding hydrogens is 618 g/mol. The summed E-state index contributed by atoms with van der Waals surface area (Å²) >= 11 is 0. The number of anilines is 1. The minimum Gasteiger partial charge on any atom is -0.461 e. The summed E-state index contributed by atoms with van der Waals surface area (Å²) in [5.41, 5.74) is -1.39. The Hall–Kier alpha value is -4.00. The average molecular weight is 661 g/mol. The fourth-order valence-electron chi connectivity index (χ4n) is 8.30. The van der Waals surface area contributed by atoms with Gasteiger partial charge in [-0.05, 0) is 69.0 Å². The van der Waals surface area contributed by atoms with Gasteiger partial charge in [0.05, 0.1) is 47.8 Å². The Kier molecular flexibility index (Phi) is 8.24. The van der Waals surface area contributed by atoms with Crippen molar-refractivity contribution >= 4 is 39.3 Å². The third kappa shape index (κ3) is 5.43. The van der Waals surface area contributed by atoms with Gasteiger partial charge in [-0.25, -0.2) is 8.78 Å². The molecule has 3 unspecified atom stereocenters. The molecule has 0 radical (unpaired) electrons. The number of fused-ring (bicyclic) bond motifs is 3. The highest BCUT2D eigenvalue weighted by Gasteiger charge is 2.48. The van der Waals surface area contributed by atoms with E-state index in [1.54, 1.807) is 26.8 Å². The third-order valence-electron chi connectivity index (χ3n) is 10.3. The number of nitrogens with one attached hydrogen (secondary N) is 2. The van der Waals surface area contributed by atoms with Gasteiger partial charge in [-0.2, -0.15) is 9.97 Å². The Morgan fingerprint density at radius 2 is 2.08 bits per heavy atom. The summed E-state index contributed by atoms with van der Waals surface area (Å²) in [5.74, 6) is -0.484. The van der Waals surface area contributed by atoms with Crippen molar-refractivity contribution in [2.45, 2.75) is 64.5 Å². The summed E-state index contributed by atoms with van der Waals surface area (Å²) in [6.45, 7) is 10.7. The standard InChI is InChI=1S/C36H42F2N6O4/c1-5-22-24(37)9-8-21-14-25(45)40-31(26(21)22)28-29(38)32-27(23(6-2)30(28)39)33(43-12-13-47-18-35(4,46)17-43)42-34(41-32)48-19-36-10-7-11-44(36)16-20(3)15-36/h6,8-9,14,20,39,46H,5,7,10-13,15-19H2,1-4H3,(H,40,45)/b23-6-,39-30?. The van der Waals surface area contributed by atoms with Gasteiger partial charge in [0.1, 0.15) is 29.5 Å². The number of H-pyrrole nitrogens is 1. The summed E-state index contributed by atoms with van der Waals surface area (Å²) < 4.78 is 44.5. The first-order valence-corrected chi connectivity index (χ1v) is 16.8. The molecule has 3 aromatic rings. The summed E-state index contributed by atoms with van der Waals surface area (Å²) in [6, 6.07) is 4.13. The van der Waals surface area contributed by atoms with E-state index in [2.05, 4.69) is 21.8 Å². The van der Waals surface area contributed by atoms with Crippen LogP contribution >= 0.6 is 0 Å². The monoisotopic (exact) mass is 660 g/mol. The Labute approximate surface area is 278 Å². The number of nitrogens with zero attached hydrogens (tertiary/aromatic N) is 4. The second-order valence-corrected chi connectivity index (χ2v) is 14.0. The lowest BCUT2D eigenvalue weighted by Gasteiger charge is -2.33. The zero-order valence-electron chi connectivity index (χ0n) is 27.9. The molecule has 12 heteroatoms. The van der Waals surface area contributed by atoms with Gasteiger partial charge >= 0.3 is 6.01 Å². The molecule has 10 nitrogen and oxygen atoms in total. The highest BCUT2D eigenvalue weighted by Crippen LogP contribution is 2.46. The number of aromatic nitrogens is 3. The lowest BCUT2D eigenvalue weighted by Crippen LogP contribution is -2.44. The second-order valence-electron chi connectivity index (χ2n) is 14.0. The number of aromatic amines is 1. The van der Waals surface area contributed by atoms with Crippen molar-refractivity contribution in [3.05, 3.63) is 63.0 Å². The molecule has 1 aliphatic carbocycles. The lowest BCUT2D eigenvalue weighted by atomic mass is 9.84. The molecule has 254 valence electrons. The molecule has 7 rings (SSSR count). The molecule has 0 bridgehead atoms. The van der Waals surface area contributed by atoms with E-state index in [9.17, 15) is 15.3 Å². The Morgan fingerprint density at radius 1 is 1.27 bits per heavy atom. The van der Waals surface area contributed by atoms with Crippen LogP contribution in [0.2, 0.25) is 0 Å².